The molecule has 3 rings (SSSR count). The first kappa shape index (κ1) is 21.2. The van der Waals surface area contributed by atoms with Gasteiger partial charge in [0, 0.05) is 38.2 Å². The second-order valence-corrected chi connectivity index (χ2v) is 7.55. The fourth-order valence-electron chi connectivity index (χ4n) is 2.54. The van der Waals surface area contributed by atoms with Crippen LogP contribution in [0.1, 0.15) is 0 Å². The van der Waals surface area contributed by atoms with Gasteiger partial charge in [-0.15, -0.1) is 0 Å². The molecule has 1 aromatic carbocycles. The van der Waals surface area contributed by atoms with Crippen molar-refractivity contribution in [2.45, 2.75) is 0 Å². The van der Waals surface area contributed by atoms with Gasteiger partial charge in [0.05, 0.1) is 39.3 Å². The predicted octanol–water partition coefficient (Wildman–Crippen LogP) is -0.0178. The molecule has 0 unspecified atom stereocenters. The zero-order chi connectivity index (χ0) is 22.0. The summed E-state index contributed by atoms with van der Waals surface area (Å²) in [7, 11) is 15.0. The molecule has 0 aliphatic heterocycles. The third-order valence-corrected chi connectivity index (χ3v) is 4.12. The van der Waals surface area contributed by atoms with E-state index >= 15 is 0 Å². The SMILES string of the molecule is CN(C)c1nc(-c2ccccc2-c2nc(N(C)C)nc(=[N+](C)C)o2)oc(=[N+](C)C)n1. The molecule has 0 N–H and O–H groups in total. The maximum Gasteiger partial charge on any atom is 0.503 e. The molecule has 0 atom stereocenters. The second-order valence-electron chi connectivity index (χ2n) is 7.55. The Labute approximate surface area is 175 Å². The van der Waals surface area contributed by atoms with Crippen molar-refractivity contribution in [3.8, 4) is 22.9 Å². The normalized spacial score (nSPS) is 10.7. The molecule has 0 saturated carbocycles. The minimum Gasteiger partial charge on any atom is -0.369 e. The Kier molecular flexibility index (Phi) is 5.95. The minimum absolute atomic E-state index is 0.416. The molecule has 2 heterocycles. The largest absolute Gasteiger partial charge is 0.503 e. The predicted molar refractivity (Wildman–Crippen MR) is 116 cm³/mol. The van der Waals surface area contributed by atoms with Gasteiger partial charge in [0.1, 0.15) is 0 Å². The van der Waals surface area contributed by atoms with Crippen LogP contribution in [0, 0.1) is 0 Å². The van der Waals surface area contributed by atoms with E-state index in [4.69, 9.17) is 8.83 Å². The molecule has 0 saturated heterocycles. The third-order valence-electron chi connectivity index (χ3n) is 4.12. The molecule has 0 radical (unpaired) electrons. The summed E-state index contributed by atoms with van der Waals surface area (Å²) in [4.78, 5) is 21.8. The molecular weight excluding hydrogens is 384 g/mol. The lowest BCUT2D eigenvalue weighted by Crippen LogP contribution is -2.29. The van der Waals surface area contributed by atoms with Gasteiger partial charge in [-0.05, 0) is 12.1 Å². The lowest BCUT2D eigenvalue weighted by Gasteiger charge is -2.10. The van der Waals surface area contributed by atoms with Crippen molar-refractivity contribution in [1.29, 1.82) is 0 Å². The monoisotopic (exact) mass is 412 g/mol. The number of rotatable bonds is 4. The fourth-order valence-corrected chi connectivity index (χ4v) is 2.54. The Balaban J connectivity index is 2.33. The smallest absolute Gasteiger partial charge is 0.369 e. The number of nitrogens with zero attached hydrogens (tertiary/aromatic N) is 8. The molecule has 3 aromatic rings. The van der Waals surface area contributed by atoms with Gasteiger partial charge in [0.2, 0.25) is 11.8 Å². The van der Waals surface area contributed by atoms with E-state index in [1.54, 1.807) is 9.15 Å². The van der Waals surface area contributed by atoms with Crippen LogP contribution in [0.4, 0.5) is 11.9 Å². The van der Waals surface area contributed by atoms with Gasteiger partial charge in [-0.2, -0.15) is 9.97 Å². The fraction of sp³-hybridized carbons (Fsp3) is 0.400. The first-order chi connectivity index (χ1) is 14.2. The second kappa shape index (κ2) is 8.44. The van der Waals surface area contributed by atoms with E-state index in [0.29, 0.717) is 35.0 Å². The van der Waals surface area contributed by atoms with Crippen LogP contribution in [-0.4, -0.2) is 76.3 Å². The Morgan fingerprint density at radius 3 is 1.30 bits per heavy atom. The van der Waals surface area contributed by atoms with Gasteiger partial charge in [-0.25, -0.2) is 9.15 Å². The Hall–Kier alpha value is -3.56. The van der Waals surface area contributed by atoms with Crippen LogP contribution in [0.15, 0.2) is 33.1 Å². The van der Waals surface area contributed by atoms with E-state index in [-0.39, 0.29) is 0 Å². The van der Waals surface area contributed by atoms with Gasteiger partial charge < -0.3 is 18.6 Å². The highest BCUT2D eigenvalue weighted by molar-refractivity contribution is 5.75. The number of aromatic nitrogens is 4. The first-order valence-corrected chi connectivity index (χ1v) is 9.40. The average molecular weight is 412 g/mol. The Bertz CT molecular complexity index is 1110. The number of hydrogen-bond acceptors (Lipinski definition) is 8. The molecule has 0 amide bonds. The van der Waals surface area contributed by atoms with E-state index < -0.39 is 0 Å². The molecule has 0 spiro atoms. The van der Waals surface area contributed by atoms with Crippen LogP contribution in [0.2, 0.25) is 0 Å². The van der Waals surface area contributed by atoms with E-state index in [1.165, 1.54) is 0 Å². The van der Waals surface area contributed by atoms with Crippen molar-refractivity contribution in [2.24, 2.45) is 0 Å². The van der Waals surface area contributed by atoms with Gasteiger partial charge in [0.15, 0.2) is 0 Å². The molecule has 0 aliphatic carbocycles. The molecular formula is C20H28N8O2+2. The standard InChI is InChI=1S/C20H28N8O2/c1-25(2)17-21-15(29-19(23-17)27(5)6)13-11-9-10-12-14(13)16-22-18(26(3)4)24-20(30-16)28(7)8/h9-12H,1-8H3/q+2. The molecule has 158 valence electrons. The van der Waals surface area contributed by atoms with Crippen LogP contribution in [0.25, 0.3) is 22.9 Å². The van der Waals surface area contributed by atoms with Gasteiger partial charge >= 0.3 is 23.3 Å². The van der Waals surface area contributed by atoms with Crippen molar-refractivity contribution in [1.82, 2.24) is 29.1 Å². The third kappa shape index (κ3) is 4.37. The highest BCUT2D eigenvalue weighted by Crippen LogP contribution is 2.29. The van der Waals surface area contributed by atoms with Gasteiger partial charge in [-0.1, -0.05) is 12.1 Å². The number of anilines is 2. The molecule has 0 bridgehead atoms. The van der Waals surface area contributed by atoms with Crippen molar-refractivity contribution in [3.05, 3.63) is 35.6 Å². The van der Waals surface area contributed by atoms with Crippen molar-refractivity contribution in [2.75, 3.05) is 66.2 Å². The summed E-state index contributed by atoms with van der Waals surface area (Å²) in [6, 6.07) is 7.68. The number of hydrogen-bond donors (Lipinski definition) is 0. The van der Waals surface area contributed by atoms with Crippen molar-refractivity contribution < 1.29 is 8.83 Å². The summed E-state index contributed by atoms with van der Waals surface area (Å²) in [5.41, 5.74) is 2.37. The summed E-state index contributed by atoms with van der Waals surface area (Å²) in [5, 5.41) is 0. The zero-order valence-corrected chi connectivity index (χ0v) is 18.7. The van der Waals surface area contributed by atoms with Gasteiger partial charge in [0.25, 0.3) is 0 Å². The summed E-state index contributed by atoms with van der Waals surface area (Å²) >= 11 is 0. The highest BCUT2D eigenvalue weighted by Gasteiger charge is 2.22. The van der Waals surface area contributed by atoms with Gasteiger partial charge in [-0.3, -0.25) is 0 Å². The molecule has 10 nitrogen and oxygen atoms in total. The Morgan fingerprint density at radius 2 is 1.00 bits per heavy atom. The molecule has 0 aliphatic rings. The molecule has 30 heavy (non-hydrogen) atoms. The lowest BCUT2D eigenvalue weighted by molar-refractivity contribution is 0.417. The first-order valence-electron chi connectivity index (χ1n) is 9.40. The van der Waals surface area contributed by atoms with Crippen LogP contribution in [-0.2, 0) is 0 Å². The van der Waals surface area contributed by atoms with Crippen molar-refractivity contribution >= 4 is 11.9 Å². The van der Waals surface area contributed by atoms with Crippen LogP contribution >= 0.6 is 0 Å². The summed E-state index contributed by atoms with van der Waals surface area (Å²) < 4.78 is 15.6. The van der Waals surface area contributed by atoms with Crippen LogP contribution < -0.4 is 30.3 Å². The average Bonchev–Trinajstić information content (AvgIpc) is 2.72. The summed E-state index contributed by atoms with van der Waals surface area (Å²) in [6.45, 7) is 0. The summed E-state index contributed by atoms with van der Waals surface area (Å²) in [6.07, 6.45) is 0. The Morgan fingerprint density at radius 1 is 0.633 bits per heavy atom. The van der Waals surface area contributed by atoms with E-state index in [0.717, 1.165) is 11.1 Å². The highest BCUT2D eigenvalue weighted by atomic mass is 16.4. The maximum absolute atomic E-state index is 6.00. The maximum atomic E-state index is 6.00. The van der Waals surface area contributed by atoms with Crippen LogP contribution in [0.3, 0.4) is 0 Å². The molecule has 0 fully saturated rings. The quantitative estimate of drug-likeness (QED) is 0.553. The lowest BCUT2D eigenvalue weighted by atomic mass is 10.1. The minimum atomic E-state index is 0.416. The van der Waals surface area contributed by atoms with Crippen LogP contribution in [0.5, 0.6) is 0 Å². The summed E-state index contributed by atoms with van der Waals surface area (Å²) in [5.74, 6) is 1.91. The van der Waals surface area contributed by atoms with E-state index in [9.17, 15) is 0 Å². The zero-order valence-electron chi connectivity index (χ0n) is 18.7. The molecule has 2 aromatic heterocycles. The topological polar surface area (TPSA) is 90.3 Å². The number of benzene rings is 1. The van der Waals surface area contributed by atoms with E-state index in [2.05, 4.69) is 19.9 Å². The van der Waals surface area contributed by atoms with E-state index in [1.807, 2.05) is 90.4 Å². The molecule has 10 heteroatoms. The van der Waals surface area contributed by atoms with Crippen molar-refractivity contribution in [3.63, 3.8) is 0 Å².